The molecule has 1 atom stereocenters. The Balaban J connectivity index is 2.13. The Morgan fingerprint density at radius 3 is 2.79 bits per heavy atom. The molecule has 1 unspecified atom stereocenters. The second kappa shape index (κ2) is 6.53. The molecule has 0 saturated heterocycles. The summed E-state index contributed by atoms with van der Waals surface area (Å²) in [6.07, 6.45) is 6.36. The van der Waals surface area contributed by atoms with E-state index in [0.717, 1.165) is 5.69 Å². The number of aromatic nitrogens is 1. The molecule has 1 heterocycles. The molecule has 1 aromatic rings. The van der Waals surface area contributed by atoms with Gasteiger partial charge in [0.15, 0.2) is 0 Å². The molecule has 1 aliphatic carbocycles. The van der Waals surface area contributed by atoms with Crippen LogP contribution in [0.15, 0.2) is 12.1 Å². The number of anilines is 1. The molecule has 1 aliphatic rings. The minimum atomic E-state index is 0.224. The summed E-state index contributed by atoms with van der Waals surface area (Å²) in [6.45, 7) is 2.52. The quantitative estimate of drug-likeness (QED) is 0.870. The van der Waals surface area contributed by atoms with Crippen molar-refractivity contribution in [3.63, 3.8) is 0 Å². The molecule has 19 heavy (non-hydrogen) atoms. The highest BCUT2D eigenvalue weighted by Crippen LogP contribution is 2.28. The van der Waals surface area contributed by atoms with Crippen LogP contribution in [0.3, 0.4) is 0 Å². The normalized spacial score (nSPS) is 17.7. The van der Waals surface area contributed by atoms with Gasteiger partial charge < -0.3 is 11.1 Å². The molecule has 0 bridgehead atoms. The summed E-state index contributed by atoms with van der Waals surface area (Å²) in [5.74, 6) is 1.29. The van der Waals surface area contributed by atoms with Crippen LogP contribution in [-0.2, 0) is 0 Å². The Kier molecular flexibility index (Phi) is 4.75. The van der Waals surface area contributed by atoms with E-state index >= 15 is 0 Å². The summed E-state index contributed by atoms with van der Waals surface area (Å²) in [7, 11) is 0. The standard InChI is InChI=1S/C15H22N4/c1-11-7-8-13(9-16)15(18-11)19-14(10-17)12-5-3-2-4-6-12/h7-8,12,14H,2-6,10,17H2,1H3,(H,18,19). The van der Waals surface area contributed by atoms with Crippen LogP contribution in [0.4, 0.5) is 5.82 Å². The van der Waals surface area contributed by atoms with Gasteiger partial charge in [0.2, 0.25) is 0 Å². The van der Waals surface area contributed by atoms with Crippen LogP contribution < -0.4 is 11.1 Å². The molecule has 1 saturated carbocycles. The van der Waals surface area contributed by atoms with Crippen LogP contribution >= 0.6 is 0 Å². The number of aryl methyl sites for hydroxylation is 1. The lowest BCUT2D eigenvalue weighted by molar-refractivity contribution is 0.320. The van der Waals surface area contributed by atoms with E-state index in [4.69, 9.17) is 11.0 Å². The van der Waals surface area contributed by atoms with Gasteiger partial charge in [0.25, 0.3) is 0 Å². The summed E-state index contributed by atoms with van der Waals surface area (Å²) < 4.78 is 0. The van der Waals surface area contributed by atoms with E-state index in [1.807, 2.05) is 19.1 Å². The first-order valence-corrected chi connectivity index (χ1v) is 7.09. The smallest absolute Gasteiger partial charge is 0.144 e. The predicted octanol–water partition coefficient (Wildman–Crippen LogP) is 2.58. The third kappa shape index (κ3) is 3.45. The highest BCUT2D eigenvalue weighted by atomic mass is 15.0. The zero-order valence-electron chi connectivity index (χ0n) is 11.5. The fourth-order valence-corrected chi connectivity index (χ4v) is 2.84. The maximum atomic E-state index is 9.14. The van der Waals surface area contributed by atoms with E-state index in [9.17, 15) is 0 Å². The summed E-state index contributed by atoms with van der Waals surface area (Å²) in [5.41, 5.74) is 7.42. The lowest BCUT2D eigenvalue weighted by Gasteiger charge is -2.30. The minimum Gasteiger partial charge on any atom is -0.365 e. The van der Waals surface area contributed by atoms with Crippen molar-refractivity contribution in [3.8, 4) is 6.07 Å². The van der Waals surface area contributed by atoms with E-state index in [1.54, 1.807) is 0 Å². The van der Waals surface area contributed by atoms with Gasteiger partial charge in [0.05, 0.1) is 5.56 Å². The maximum Gasteiger partial charge on any atom is 0.144 e. The van der Waals surface area contributed by atoms with Crippen LogP contribution in [0.2, 0.25) is 0 Å². The molecular weight excluding hydrogens is 236 g/mol. The number of hydrogen-bond acceptors (Lipinski definition) is 4. The molecule has 4 nitrogen and oxygen atoms in total. The van der Waals surface area contributed by atoms with Crippen molar-refractivity contribution in [2.75, 3.05) is 11.9 Å². The molecule has 0 amide bonds. The average Bonchev–Trinajstić information content (AvgIpc) is 2.46. The molecule has 1 fully saturated rings. The molecule has 3 N–H and O–H groups in total. The second-order valence-corrected chi connectivity index (χ2v) is 5.35. The van der Waals surface area contributed by atoms with Crippen molar-refractivity contribution < 1.29 is 0 Å². The Hall–Kier alpha value is -1.60. The Morgan fingerprint density at radius 1 is 1.42 bits per heavy atom. The van der Waals surface area contributed by atoms with Crippen molar-refractivity contribution in [1.29, 1.82) is 5.26 Å². The summed E-state index contributed by atoms with van der Waals surface area (Å²) in [6, 6.07) is 6.09. The number of pyridine rings is 1. The van der Waals surface area contributed by atoms with E-state index in [0.29, 0.717) is 23.8 Å². The lowest BCUT2D eigenvalue weighted by atomic mass is 9.84. The summed E-state index contributed by atoms with van der Waals surface area (Å²) in [4.78, 5) is 4.44. The topological polar surface area (TPSA) is 74.7 Å². The van der Waals surface area contributed by atoms with Gasteiger partial charge >= 0.3 is 0 Å². The zero-order valence-corrected chi connectivity index (χ0v) is 11.5. The molecule has 0 aromatic carbocycles. The van der Waals surface area contributed by atoms with Crippen molar-refractivity contribution in [1.82, 2.24) is 4.98 Å². The van der Waals surface area contributed by atoms with Gasteiger partial charge in [-0.2, -0.15) is 5.26 Å². The Bertz CT molecular complexity index is 458. The van der Waals surface area contributed by atoms with Gasteiger partial charge in [0, 0.05) is 18.3 Å². The molecule has 1 aromatic heterocycles. The van der Waals surface area contributed by atoms with Crippen molar-refractivity contribution in [3.05, 3.63) is 23.4 Å². The Labute approximate surface area is 115 Å². The number of nitrogens with zero attached hydrogens (tertiary/aromatic N) is 2. The fraction of sp³-hybridized carbons (Fsp3) is 0.600. The number of nitriles is 1. The van der Waals surface area contributed by atoms with Crippen molar-refractivity contribution in [2.45, 2.75) is 45.1 Å². The SMILES string of the molecule is Cc1ccc(C#N)c(NC(CN)C2CCCCC2)n1. The van der Waals surface area contributed by atoms with Gasteiger partial charge in [-0.15, -0.1) is 0 Å². The first-order valence-electron chi connectivity index (χ1n) is 7.09. The summed E-state index contributed by atoms with van der Waals surface area (Å²) in [5, 5.41) is 12.5. The maximum absolute atomic E-state index is 9.14. The first-order chi connectivity index (χ1) is 9.24. The third-order valence-electron chi connectivity index (χ3n) is 3.95. The predicted molar refractivity (Wildman–Crippen MR) is 76.7 cm³/mol. The molecule has 0 spiro atoms. The number of rotatable bonds is 4. The molecule has 2 rings (SSSR count). The molecular formula is C15H22N4. The lowest BCUT2D eigenvalue weighted by Crippen LogP contribution is -2.37. The van der Waals surface area contributed by atoms with Gasteiger partial charge in [-0.1, -0.05) is 19.3 Å². The summed E-state index contributed by atoms with van der Waals surface area (Å²) >= 11 is 0. The van der Waals surface area contributed by atoms with Crippen molar-refractivity contribution >= 4 is 5.82 Å². The molecule has 0 radical (unpaired) electrons. The van der Waals surface area contributed by atoms with E-state index in [2.05, 4.69) is 16.4 Å². The van der Waals surface area contributed by atoms with E-state index < -0.39 is 0 Å². The largest absolute Gasteiger partial charge is 0.365 e. The average molecular weight is 258 g/mol. The van der Waals surface area contributed by atoms with Crippen LogP contribution in [0.25, 0.3) is 0 Å². The molecule has 4 heteroatoms. The van der Waals surface area contributed by atoms with Crippen LogP contribution in [0.5, 0.6) is 0 Å². The van der Waals surface area contributed by atoms with Gasteiger partial charge in [-0.05, 0) is 37.8 Å². The number of nitrogens with two attached hydrogens (primary N) is 1. The highest BCUT2D eigenvalue weighted by Gasteiger charge is 2.23. The second-order valence-electron chi connectivity index (χ2n) is 5.35. The molecule has 0 aliphatic heterocycles. The van der Waals surface area contributed by atoms with E-state index in [1.165, 1.54) is 32.1 Å². The monoisotopic (exact) mass is 258 g/mol. The van der Waals surface area contributed by atoms with Gasteiger partial charge in [0.1, 0.15) is 11.9 Å². The van der Waals surface area contributed by atoms with Gasteiger partial charge in [-0.3, -0.25) is 0 Å². The van der Waals surface area contributed by atoms with Crippen molar-refractivity contribution in [2.24, 2.45) is 11.7 Å². The van der Waals surface area contributed by atoms with Crippen LogP contribution in [0, 0.1) is 24.2 Å². The first kappa shape index (κ1) is 13.8. The number of nitrogens with one attached hydrogen (secondary N) is 1. The van der Waals surface area contributed by atoms with Crippen LogP contribution in [-0.4, -0.2) is 17.6 Å². The zero-order chi connectivity index (χ0) is 13.7. The Morgan fingerprint density at radius 2 is 2.16 bits per heavy atom. The molecule has 102 valence electrons. The van der Waals surface area contributed by atoms with Crippen LogP contribution in [0.1, 0.15) is 43.4 Å². The third-order valence-corrected chi connectivity index (χ3v) is 3.95. The minimum absolute atomic E-state index is 0.224. The fourth-order valence-electron chi connectivity index (χ4n) is 2.84. The number of hydrogen-bond donors (Lipinski definition) is 2. The van der Waals surface area contributed by atoms with E-state index in [-0.39, 0.29) is 6.04 Å². The highest BCUT2D eigenvalue weighted by molar-refractivity contribution is 5.52. The van der Waals surface area contributed by atoms with Gasteiger partial charge in [-0.25, -0.2) is 4.98 Å².